The molecular weight excluding hydrogens is 533 g/mol. The predicted molar refractivity (Wildman–Crippen MR) is 142 cm³/mol. The second kappa shape index (κ2) is 9.71. The van der Waals surface area contributed by atoms with Crippen LogP contribution in [0.5, 0.6) is 5.75 Å². The maximum Gasteiger partial charge on any atom is 0.335 e. The average molecular weight is 553 g/mol. The highest BCUT2D eigenvalue weighted by atomic mass is 35.5. The fourth-order valence-electron chi connectivity index (χ4n) is 4.51. The van der Waals surface area contributed by atoms with Crippen molar-refractivity contribution in [3.63, 3.8) is 0 Å². The van der Waals surface area contributed by atoms with Crippen molar-refractivity contribution in [3.8, 4) is 17.0 Å². The quantitative estimate of drug-likeness (QED) is 0.238. The van der Waals surface area contributed by atoms with E-state index in [9.17, 15) is 4.79 Å². The lowest BCUT2D eigenvalue weighted by molar-refractivity contribution is 0.0697. The van der Waals surface area contributed by atoms with E-state index in [4.69, 9.17) is 49.2 Å². The third-order valence-electron chi connectivity index (χ3n) is 6.69. The van der Waals surface area contributed by atoms with Crippen molar-refractivity contribution in [3.05, 3.63) is 116 Å². The van der Waals surface area contributed by atoms with Crippen LogP contribution in [0.2, 0.25) is 15.1 Å². The number of aromatic carboxylic acids is 1. The molecular formula is C29H20Cl3NO4. The molecule has 2 radical (unpaired) electrons. The van der Waals surface area contributed by atoms with Crippen LogP contribution in [0.3, 0.4) is 0 Å². The molecule has 0 spiro atoms. The topological polar surface area (TPSA) is 72.6 Å². The van der Waals surface area contributed by atoms with Crippen LogP contribution < -0.4 is 4.74 Å². The Balaban J connectivity index is 1.19. The van der Waals surface area contributed by atoms with Crippen LogP contribution in [0.25, 0.3) is 11.3 Å². The maximum atomic E-state index is 11.1. The molecule has 8 heteroatoms. The summed E-state index contributed by atoms with van der Waals surface area (Å²) in [6, 6.07) is 17.9. The van der Waals surface area contributed by atoms with E-state index in [1.807, 2.05) is 24.3 Å². The molecule has 0 aliphatic heterocycles. The number of hydrogen-bond acceptors (Lipinski definition) is 4. The van der Waals surface area contributed by atoms with E-state index in [0.29, 0.717) is 38.0 Å². The Hall–Kier alpha value is -2.99. The Kier molecular flexibility index (Phi) is 6.39. The van der Waals surface area contributed by atoms with Crippen molar-refractivity contribution < 1.29 is 19.2 Å². The first-order valence-electron chi connectivity index (χ1n) is 11.8. The first kappa shape index (κ1) is 24.4. The van der Waals surface area contributed by atoms with Gasteiger partial charge in [-0.2, -0.15) is 0 Å². The van der Waals surface area contributed by atoms with E-state index >= 15 is 0 Å². The van der Waals surface area contributed by atoms with Crippen LogP contribution >= 0.6 is 34.8 Å². The molecule has 1 N–H and O–H groups in total. The Bertz CT molecular complexity index is 1470. The fourth-order valence-corrected chi connectivity index (χ4v) is 5.38. The largest absolute Gasteiger partial charge is 0.489 e. The lowest BCUT2D eigenvalue weighted by Gasteiger charge is -2.11. The number of aromatic nitrogens is 1. The van der Waals surface area contributed by atoms with Crippen LogP contribution in [0.15, 0.2) is 65.2 Å². The van der Waals surface area contributed by atoms with Gasteiger partial charge in [0.25, 0.3) is 0 Å². The Morgan fingerprint density at radius 2 is 1.70 bits per heavy atom. The van der Waals surface area contributed by atoms with Gasteiger partial charge in [0.2, 0.25) is 0 Å². The summed E-state index contributed by atoms with van der Waals surface area (Å²) >= 11 is 19.6. The van der Waals surface area contributed by atoms with Crippen molar-refractivity contribution in [2.24, 2.45) is 0 Å². The number of carboxylic acids is 1. The zero-order valence-electron chi connectivity index (χ0n) is 19.4. The van der Waals surface area contributed by atoms with Crippen LogP contribution in [-0.4, -0.2) is 16.2 Å². The van der Waals surface area contributed by atoms with E-state index in [1.54, 1.807) is 36.4 Å². The smallest absolute Gasteiger partial charge is 0.335 e. The normalized spacial score (nSPS) is 15.6. The first-order chi connectivity index (χ1) is 17.9. The molecule has 37 heavy (non-hydrogen) atoms. The van der Waals surface area contributed by atoms with Gasteiger partial charge in [-0.1, -0.05) is 64.2 Å². The lowest BCUT2D eigenvalue weighted by Crippen LogP contribution is -2.00. The van der Waals surface area contributed by atoms with E-state index in [-0.39, 0.29) is 12.2 Å². The molecule has 0 saturated heterocycles. The number of halogens is 3. The fraction of sp³-hybridized carbons (Fsp3) is 0.172. The van der Waals surface area contributed by atoms with Gasteiger partial charge < -0.3 is 14.4 Å². The molecule has 1 aromatic heterocycles. The SMILES string of the molecule is O=C(O)c1ccc([C]2C[C]2c2ccc(OCc3c(-c4c(Cl)cccc4Cl)noc3C3CC3)cc2Cl)cc1. The molecule has 3 aromatic carbocycles. The average Bonchev–Trinajstić information content (AvgIpc) is 3.81. The molecule has 4 aromatic rings. The molecule has 6 rings (SSSR count). The van der Waals surface area contributed by atoms with Gasteiger partial charge >= 0.3 is 5.97 Å². The molecule has 2 aliphatic rings. The molecule has 2 aliphatic carbocycles. The highest BCUT2D eigenvalue weighted by Gasteiger charge is 2.42. The van der Waals surface area contributed by atoms with E-state index in [0.717, 1.165) is 53.5 Å². The van der Waals surface area contributed by atoms with Crippen LogP contribution in [0, 0.1) is 11.8 Å². The number of benzene rings is 3. The molecule has 0 unspecified atom stereocenters. The number of ether oxygens (including phenoxy) is 1. The molecule has 5 nitrogen and oxygen atoms in total. The number of carboxylic acid groups (broad SMARTS) is 1. The van der Waals surface area contributed by atoms with E-state index in [2.05, 4.69) is 5.16 Å². The first-order valence-corrected chi connectivity index (χ1v) is 13.0. The summed E-state index contributed by atoms with van der Waals surface area (Å²) in [7, 11) is 0. The number of hydrogen-bond donors (Lipinski definition) is 1. The van der Waals surface area contributed by atoms with Crippen molar-refractivity contribution in [2.75, 3.05) is 0 Å². The summed E-state index contributed by atoms with van der Waals surface area (Å²) in [5.74, 6) is 3.14. The van der Waals surface area contributed by atoms with Crippen molar-refractivity contribution in [1.82, 2.24) is 5.16 Å². The van der Waals surface area contributed by atoms with Crippen LogP contribution in [0.1, 0.15) is 58.0 Å². The third-order valence-corrected chi connectivity index (χ3v) is 7.63. The molecule has 0 bridgehead atoms. The van der Waals surface area contributed by atoms with E-state index < -0.39 is 5.97 Å². The Labute approximate surface area is 228 Å². The summed E-state index contributed by atoms with van der Waals surface area (Å²) in [5.41, 5.74) is 4.29. The lowest BCUT2D eigenvalue weighted by atomic mass is 10.0. The third kappa shape index (κ3) is 4.84. The molecule has 2 saturated carbocycles. The molecule has 1 heterocycles. The summed E-state index contributed by atoms with van der Waals surface area (Å²) in [5, 5.41) is 15.0. The van der Waals surface area contributed by atoms with Gasteiger partial charge in [-0.15, -0.1) is 0 Å². The monoisotopic (exact) mass is 551 g/mol. The second-order valence-electron chi connectivity index (χ2n) is 9.19. The second-order valence-corrected chi connectivity index (χ2v) is 10.4. The predicted octanol–water partition coefficient (Wildman–Crippen LogP) is 8.41. The molecule has 0 amide bonds. The number of nitrogens with zero attached hydrogens (tertiary/aromatic N) is 1. The van der Waals surface area contributed by atoms with Gasteiger partial charge in [-0.05, 0) is 66.8 Å². The van der Waals surface area contributed by atoms with Crippen LogP contribution in [0.4, 0.5) is 0 Å². The minimum atomic E-state index is -0.937. The highest BCUT2D eigenvalue weighted by molar-refractivity contribution is 6.39. The van der Waals surface area contributed by atoms with Crippen molar-refractivity contribution in [2.45, 2.75) is 31.8 Å². The summed E-state index contributed by atoms with van der Waals surface area (Å²) in [4.78, 5) is 11.1. The summed E-state index contributed by atoms with van der Waals surface area (Å²) < 4.78 is 11.9. The zero-order valence-corrected chi connectivity index (χ0v) is 21.7. The summed E-state index contributed by atoms with van der Waals surface area (Å²) in [6.07, 6.45) is 2.91. The van der Waals surface area contributed by atoms with Gasteiger partial charge in [-0.3, -0.25) is 0 Å². The number of carbonyl (C=O) groups is 1. The van der Waals surface area contributed by atoms with E-state index in [1.165, 1.54) is 0 Å². The van der Waals surface area contributed by atoms with Crippen LogP contribution in [-0.2, 0) is 6.61 Å². The van der Waals surface area contributed by atoms with Gasteiger partial charge in [0.05, 0.1) is 21.2 Å². The minimum absolute atomic E-state index is 0.242. The Morgan fingerprint density at radius 3 is 2.35 bits per heavy atom. The molecule has 186 valence electrons. The zero-order chi connectivity index (χ0) is 25.7. The number of rotatable bonds is 8. The molecule has 0 atom stereocenters. The van der Waals surface area contributed by atoms with Crippen molar-refractivity contribution in [1.29, 1.82) is 0 Å². The standard InChI is InChI=1S/C29H20Cl3NO4/c30-23-2-1-3-24(31)26(23)27-22(28(37-33-27)16-6-7-16)14-36-18-10-11-19(25(32)12-18)21-13-20(21)15-4-8-17(9-5-15)29(34)35/h1-5,8-12,16H,6-7,13-14H2,(H,34,35). The maximum absolute atomic E-state index is 11.1. The minimum Gasteiger partial charge on any atom is -0.489 e. The van der Waals surface area contributed by atoms with Gasteiger partial charge in [-0.25, -0.2) is 4.79 Å². The Morgan fingerprint density at radius 1 is 0.973 bits per heavy atom. The highest BCUT2D eigenvalue weighted by Crippen LogP contribution is 2.54. The van der Waals surface area contributed by atoms with Gasteiger partial charge in [0, 0.05) is 28.3 Å². The van der Waals surface area contributed by atoms with Gasteiger partial charge in [0.15, 0.2) is 0 Å². The van der Waals surface area contributed by atoms with Gasteiger partial charge in [0.1, 0.15) is 23.8 Å². The molecule has 2 fully saturated rings. The van der Waals surface area contributed by atoms with Crippen molar-refractivity contribution >= 4 is 40.8 Å². The summed E-state index contributed by atoms with van der Waals surface area (Å²) in [6.45, 7) is 0.242.